The summed E-state index contributed by atoms with van der Waals surface area (Å²) in [5, 5.41) is 10.3. The molecule has 2 fully saturated rings. The van der Waals surface area contributed by atoms with Crippen molar-refractivity contribution in [2.24, 2.45) is 5.92 Å². The zero-order valence-electron chi connectivity index (χ0n) is 15.1. The summed E-state index contributed by atoms with van der Waals surface area (Å²) >= 11 is 0. The number of ether oxygens (including phenoxy) is 1. The van der Waals surface area contributed by atoms with Gasteiger partial charge in [0.2, 0.25) is 5.91 Å². The van der Waals surface area contributed by atoms with E-state index >= 15 is 0 Å². The van der Waals surface area contributed by atoms with Gasteiger partial charge in [0.05, 0.1) is 0 Å². The molecule has 1 aromatic rings. The highest BCUT2D eigenvalue weighted by Gasteiger charge is 2.32. The Morgan fingerprint density at radius 1 is 0.962 bits per heavy atom. The normalized spacial score (nSPS) is 24.2. The van der Waals surface area contributed by atoms with Crippen LogP contribution in [0.4, 0.5) is 0 Å². The van der Waals surface area contributed by atoms with Gasteiger partial charge in [0, 0.05) is 43.2 Å². The second-order valence-corrected chi connectivity index (χ2v) is 7.72. The minimum atomic E-state index is -0.140. The van der Waals surface area contributed by atoms with Gasteiger partial charge in [0.25, 0.3) is 5.91 Å². The lowest BCUT2D eigenvalue weighted by atomic mass is 9.90. The molecule has 4 rings (SSSR count). The molecule has 1 saturated carbocycles. The Bertz CT molecular complexity index is 660. The van der Waals surface area contributed by atoms with Crippen LogP contribution in [0.3, 0.4) is 0 Å². The number of fused-ring (bicyclic) bond motifs is 1. The lowest BCUT2D eigenvalue weighted by Crippen LogP contribution is -2.43. The predicted molar refractivity (Wildman–Crippen MR) is 93.7 cm³/mol. The SMILES string of the molecule is O=C(NC1CCCC1)c1noc2c1CC(NC(=O)C1CCOCC1)CC2. The largest absolute Gasteiger partial charge is 0.381 e. The molecule has 2 aliphatic carbocycles. The zero-order chi connectivity index (χ0) is 17.9. The van der Waals surface area contributed by atoms with Crippen LogP contribution in [0.1, 0.15) is 66.8 Å². The minimum absolute atomic E-state index is 0.0373. The molecule has 2 N–H and O–H groups in total. The van der Waals surface area contributed by atoms with Crippen LogP contribution >= 0.6 is 0 Å². The highest BCUT2D eigenvalue weighted by atomic mass is 16.5. The summed E-state index contributed by atoms with van der Waals surface area (Å²) < 4.78 is 10.7. The first-order valence-electron chi connectivity index (χ1n) is 9.87. The van der Waals surface area contributed by atoms with E-state index in [1.807, 2.05) is 0 Å². The maximum absolute atomic E-state index is 12.6. The van der Waals surface area contributed by atoms with E-state index in [9.17, 15) is 9.59 Å². The van der Waals surface area contributed by atoms with Crippen LogP contribution in [-0.4, -0.2) is 42.3 Å². The summed E-state index contributed by atoms with van der Waals surface area (Å²) in [6, 6.07) is 0.290. The summed E-state index contributed by atoms with van der Waals surface area (Å²) in [5.74, 6) is 0.796. The zero-order valence-corrected chi connectivity index (χ0v) is 15.1. The van der Waals surface area contributed by atoms with Crippen molar-refractivity contribution in [1.82, 2.24) is 15.8 Å². The topological polar surface area (TPSA) is 93.5 Å². The Hall–Kier alpha value is -1.89. The van der Waals surface area contributed by atoms with Crippen LogP contribution in [0, 0.1) is 5.92 Å². The smallest absolute Gasteiger partial charge is 0.273 e. The van der Waals surface area contributed by atoms with E-state index in [2.05, 4.69) is 15.8 Å². The number of aryl methyl sites for hydroxylation is 1. The second kappa shape index (κ2) is 7.78. The molecule has 0 radical (unpaired) electrons. The van der Waals surface area contributed by atoms with Crippen molar-refractivity contribution in [2.75, 3.05) is 13.2 Å². The fourth-order valence-electron chi connectivity index (χ4n) is 4.31. The van der Waals surface area contributed by atoms with Crippen LogP contribution in [0.2, 0.25) is 0 Å². The van der Waals surface area contributed by atoms with E-state index < -0.39 is 0 Å². The fraction of sp³-hybridized carbons (Fsp3) is 0.737. The molecule has 3 aliphatic rings. The first-order chi connectivity index (χ1) is 12.7. The van der Waals surface area contributed by atoms with E-state index in [4.69, 9.17) is 9.26 Å². The first kappa shape index (κ1) is 17.5. The molecule has 1 aromatic heterocycles. The molecule has 1 unspecified atom stereocenters. The minimum Gasteiger partial charge on any atom is -0.381 e. The van der Waals surface area contributed by atoms with Gasteiger partial charge >= 0.3 is 0 Å². The van der Waals surface area contributed by atoms with Crippen molar-refractivity contribution in [3.63, 3.8) is 0 Å². The van der Waals surface area contributed by atoms with E-state index in [0.717, 1.165) is 43.4 Å². The van der Waals surface area contributed by atoms with Gasteiger partial charge in [-0.3, -0.25) is 9.59 Å². The molecule has 2 amide bonds. The van der Waals surface area contributed by atoms with E-state index in [0.29, 0.717) is 31.7 Å². The number of amides is 2. The van der Waals surface area contributed by atoms with Gasteiger partial charge < -0.3 is 19.9 Å². The molecular weight excluding hydrogens is 334 g/mol. The van der Waals surface area contributed by atoms with Crippen molar-refractivity contribution in [2.45, 2.75) is 69.9 Å². The Labute approximate surface area is 153 Å². The van der Waals surface area contributed by atoms with Crippen LogP contribution in [0.15, 0.2) is 4.52 Å². The molecule has 0 bridgehead atoms. The third kappa shape index (κ3) is 3.77. The summed E-state index contributed by atoms with van der Waals surface area (Å²) in [5.41, 5.74) is 1.26. The third-order valence-corrected chi connectivity index (χ3v) is 5.88. The van der Waals surface area contributed by atoms with Crippen molar-refractivity contribution >= 4 is 11.8 Å². The lowest BCUT2D eigenvalue weighted by Gasteiger charge is -2.27. The molecule has 1 aliphatic heterocycles. The van der Waals surface area contributed by atoms with Gasteiger partial charge in [-0.05, 0) is 38.5 Å². The Kier molecular flexibility index (Phi) is 5.24. The maximum Gasteiger partial charge on any atom is 0.273 e. The lowest BCUT2D eigenvalue weighted by molar-refractivity contribution is -0.128. The Morgan fingerprint density at radius 3 is 2.50 bits per heavy atom. The van der Waals surface area contributed by atoms with E-state index in [-0.39, 0.29) is 29.8 Å². The number of rotatable bonds is 4. The summed E-state index contributed by atoms with van der Waals surface area (Å²) in [6.07, 6.45) is 8.12. The summed E-state index contributed by atoms with van der Waals surface area (Å²) in [6.45, 7) is 1.31. The molecule has 142 valence electrons. The summed E-state index contributed by atoms with van der Waals surface area (Å²) in [7, 11) is 0. The average molecular weight is 361 g/mol. The predicted octanol–water partition coefficient (Wildman–Crippen LogP) is 1.75. The van der Waals surface area contributed by atoms with Crippen LogP contribution in [0.25, 0.3) is 0 Å². The Balaban J connectivity index is 1.38. The van der Waals surface area contributed by atoms with Gasteiger partial charge in [-0.15, -0.1) is 0 Å². The second-order valence-electron chi connectivity index (χ2n) is 7.72. The molecular formula is C19H27N3O4. The maximum atomic E-state index is 12.6. The number of nitrogens with zero attached hydrogens (tertiary/aromatic N) is 1. The van der Waals surface area contributed by atoms with Gasteiger partial charge in [-0.25, -0.2) is 0 Å². The highest BCUT2D eigenvalue weighted by molar-refractivity contribution is 5.94. The van der Waals surface area contributed by atoms with Gasteiger partial charge in [-0.2, -0.15) is 0 Å². The number of carbonyl (C=O) groups is 2. The molecule has 1 atom stereocenters. The molecule has 1 saturated heterocycles. The molecule has 0 aromatic carbocycles. The van der Waals surface area contributed by atoms with Crippen molar-refractivity contribution in [3.05, 3.63) is 17.0 Å². The molecule has 7 nitrogen and oxygen atoms in total. The number of hydrogen-bond donors (Lipinski definition) is 2. The molecule has 7 heteroatoms. The van der Waals surface area contributed by atoms with Gasteiger partial charge in [0.15, 0.2) is 5.69 Å². The van der Waals surface area contributed by atoms with E-state index in [1.54, 1.807) is 0 Å². The molecule has 0 spiro atoms. The highest BCUT2D eigenvalue weighted by Crippen LogP contribution is 2.26. The average Bonchev–Trinajstić information content (AvgIpc) is 3.31. The standard InChI is InChI=1S/C19H27N3O4/c23-18(12-7-9-25-10-8-12)21-14-5-6-16-15(11-14)17(22-26-16)19(24)20-13-3-1-2-4-13/h12-14H,1-11H2,(H,20,24)(H,21,23). The first-order valence-corrected chi connectivity index (χ1v) is 9.87. The van der Waals surface area contributed by atoms with Gasteiger partial charge in [0.1, 0.15) is 5.76 Å². The van der Waals surface area contributed by atoms with Crippen LogP contribution in [-0.2, 0) is 22.4 Å². The number of nitrogens with one attached hydrogen (secondary N) is 2. The number of hydrogen-bond acceptors (Lipinski definition) is 5. The van der Waals surface area contributed by atoms with Crippen molar-refractivity contribution in [1.29, 1.82) is 0 Å². The quantitative estimate of drug-likeness (QED) is 0.852. The van der Waals surface area contributed by atoms with Crippen molar-refractivity contribution < 1.29 is 18.8 Å². The van der Waals surface area contributed by atoms with Crippen molar-refractivity contribution in [3.8, 4) is 0 Å². The molecule has 26 heavy (non-hydrogen) atoms. The Morgan fingerprint density at radius 2 is 1.73 bits per heavy atom. The number of aromatic nitrogens is 1. The van der Waals surface area contributed by atoms with Gasteiger partial charge in [-0.1, -0.05) is 18.0 Å². The van der Waals surface area contributed by atoms with E-state index in [1.165, 1.54) is 12.8 Å². The van der Waals surface area contributed by atoms with Crippen LogP contribution < -0.4 is 10.6 Å². The monoisotopic (exact) mass is 361 g/mol. The molecule has 2 heterocycles. The summed E-state index contributed by atoms with van der Waals surface area (Å²) in [4.78, 5) is 25.1. The third-order valence-electron chi connectivity index (χ3n) is 5.88. The fourth-order valence-corrected chi connectivity index (χ4v) is 4.31. The van der Waals surface area contributed by atoms with Crippen LogP contribution in [0.5, 0.6) is 0 Å². The number of carbonyl (C=O) groups excluding carboxylic acids is 2.